The van der Waals surface area contributed by atoms with E-state index >= 15 is 0 Å². The van der Waals surface area contributed by atoms with E-state index in [-0.39, 0.29) is 0 Å². The molecule has 9 heavy (non-hydrogen) atoms. The number of allylic oxidation sites excluding steroid dienone is 1. The normalized spacial score (nSPS) is 13.6. The molecule has 0 spiro atoms. The Morgan fingerprint density at radius 2 is 1.89 bits per heavy atom. The van der Waals surface area contributed by atoms with Crippen molar-refractivity contribution in [2.75, 3.05) is 0 Å². The van der Waals surface area contributed by atoms with Gasteiger partial charge in [-0.1, -0.05) is 0 Å². The van der Waals surface area contributed by atoms with Crippen LogP contribution in [0.3, 0.4) is 0 Å². The summed E-state index contributed by atoms with van der Waals surface area (Å²) in [5, 5.41) is 0. The third-order valence-electron chi connectivity index (χ3n) is 0.564. The number of halogens is 4. The highest BCUT2D eigenvalue weighted by Gasteiger charge is 2.33. The molecular formula is C4H3F4N. The summed E-state index contributed by atoms with van der Waals surface area (Å²) in [6.45, 7) is 2.52. The van der Waals surface area contributed by atoms with E-state index in [0.717, 1.165) is 0 Å². The van der Waals surface area contributed by atoms with E-state index in [1.807, 2.05) is 0 Å². The van der Waals surface area contributed by atoms with E-state index in [2.05, 4.69) is 11.7 Å². The maximum Gasteiger partial charge on any atom is 0.435 e. The lowest BCUT2D eigenvalue weighted by molar-refractivity contribution is -0.0931. The smallest absolute Gasteiger partial charge is 0.257 e. The third-order valence-corrected chi connectivity index (χ3v) is 0.564. The number of alkyl halides is 3. The number of aliphatic imine (C=N–C) groups is 1. The van der Waals surface area contributed by atoms with Crippen LogP contribution in [0.15, 0.2) is 17.0 Å². The summed E-state index contributed by atoms with van der Waals surface area (Å²) in [5.74, 6) is 0. The van der Waals surface area contributed by atoms with Crippen LogP contribution in [0.4, 0.5) is 17.6 Å². The zero-order valence-electron chi connectivity index (χ0n) is 4.24. The third kappa shape index (κ3) is 2.25. The van der Waals surface area contributed by atoms with Crippen LogP contribution in [-0.2, 0) is 0 Å². The average molecular weight is 141 g/mol. The Morgan fingerprint density at radius 3 is 1.89 bits per heavy atom. The molecule has 0 atom stereocenters. The maximum absolute atomic E-state index is 11.3. The van der Waals surface area contributed by atoms with Gasteiger partial charge >= 0.3 is 6.18 Å². The Kier molecular flexibility index (Phi) is 2.36. The molecule has 0 radical (unpaired) electrons. The zero-order chi connectivity index (χ0) is 7.49. The Hall–Kier alpha value is -0.870. The van der Waals surface area contributed by atoms with Gasteiger partial charge in [0.05, 0.1) is 0 Å². The minimum atomic E-state index is -4.73. The van der Waals surface area contributed by atoms with Gasteiger partial charge in [0.15, 0.2) is 5.70 Å². The Morgan fingerprint density at radius 1 is 1.44 bits per heavy atom. The molecule has 0 bridgehead atoms. The quantitative estimate of drug-likeness (QED) is 0.391. The molecule has 0 aromatic rings. The van der Waals surface area contributed by atoms with Gasteiger partial charge in [0.2, 0.25) is 0 Å². The van der Waals surface area contributed by atoms with Crippen molar-refractivity contribution in [3.63, 3.8) is 0 Å². The standard InChI is InChI=1S/C4H3F4N/c1-9-3(2-5)4(6,7)8/h2H,1H2. The van der Waals surface area contributed by atoms with Crippen molar-refractivity contribution in [1.82, 2.24) is 0 Å². The summed E-state index contributed by atoms with van der Waals surface area (Å²) in [6.07, 6.45) is -5.36. The molecule has 52 valence electrons. The fourth-order valence-electron chi connectivity index (χ4n) is 0.186. The van der Waals surface area contributed by atoms with E-state index in [1.54, 1.807) is 0 Å². The van der Waals surface area contributed by atoms with Crippen LogP contribution in [0.25, 0.3) is 0 Å². The molecule has 0 aromatic heterocycles. The molecule has 0 N–H and O–H groups in total. The summed E-state index contributed by atoms with van der Waals surface area (Å²) in [6, 6.07) is 0. The Bertz CT molecular complexity index is 134. The van der Waals surface area contributed by atoms with Crippen LogP contribution in [0.5, 0.6) is 0 Å². The second kappa shape index (κ2) is 2.61. The van der Waals surface area contributed by atoms with Crippen LogP contribution >= 0.6 is 0 Å². The van der Waals surface area contributed by atoms with E-state index in [4.69, 9.17) is 0 Å². The predicted octanol–water partition coefficient (Wildman–Crippen LogP) is 2.06. The van der Waals surface area contributed by atoms with Crippen LogP contribution in [0, 0.1) is 0 Å². The van der Waals surface area contributed by atoms with E-state index in [9.17, 15) is 17.6 Å². The minimum Gasteiger partial charge on any atom is -0.257 e. The first-order valence-electron chi connectivity index (χ1n) is 1.86. The highest BCUT2D eigenvalue weighted by atomic mass is 19.4. The molecule has 0 aliphatic rings. The van der Waals surface area contributed by atoms with Crippen LogP contribution in [0.2, 0.25) is 0 Å². The molecule has 1 nitrogen and oxygen atoms in total. The number of nitrogens with zero attached hydrogens (tertiary/aromatic N) is 1. The summed E-state index contributed by atoms with van der Waals surface area (Å²) in [7, 11) is 0. The van der Waals surface area contributed by atoms with Gasteiger partial charge < -0.3 is 0 Å². The van der Waals surface area contributed by atoms with Gasteiger partial charge in [0, 0.05) is 0 Å². The fourth-order valence-corrected chi connectivity index (χ4v) is 0.186. The van der Waals surface area contributed by atoms with Crippen molar-refractivity contribution in [1.29, 1.82) is 0 Å². The summed E-state index contributed by atoms with van der Waals surface area (Å²) < 4.78 is 45.0. The number of hydrogen-bond acceptors (Lipinski definition) is 1. The molecule has 0 aromatic carbocycles. The fraction of sp³-hybridized carbons (Fsp3) is 0.250. The molecule has 0 saturated heterocycles. The van der Waals surface area contributed by atoms with E-state index in [0.29, 0.717) is 0 Å². The molecule has 5 heteroatoms. The molecule has 0 unspecified atom stereocenters. The summed E-state index contributed by atoms with van der Waals surface area (Å²) in [4.78, 5) is 2.39. The first-order valence-corrected chi connectivity index (χ1v) is 1.86. The lowest BCUT2D eigenvalue weighted by atomic mass is 10.5. The topological polar surface area (TPSA) is 12.4 Å². The van der Waals surface area contributed by atoms with Crippen LogP contribution in [0.1, 0.15) is 0 Å². The van der Waals surface area contributed by atoms with Gasteiger partial charge in [-0.3, -0.25) is 4.99 Å². The lowest BCUT2D eigenvalue weighted by Gasteiger charge is -2.01. The molecule has 0 fully saturated rings. The van der Waals surface area contributed by atoms with Crippen molar-refractivity contribution in [2.45, 2.75) is 6.18 Å². The number of hydrogen-bond donors (Lipinski definition) is 0. The monoisotopic (exact) mass is 141 g/mol. The Balaban J connectivity index is 4.32. The molecule has 0 heterocycles. The highest BCUT2D eigenvalue weighted by molar-refractivity contribution is 5.29. The van der Waals surface area contributed by atoms with Gasteiger partial charge in [0.25, 0.3) is 0 Å². The van der Waals surface area contributed by atoms with Gasteiger partial charge in [-0.2, -0.15) is 13.2 Å². The largest absolute Gasteiger partial charge is 0.435 e. The SMILES string of the molecule is C=NC(=CF)C(F)(F)F. The predicted molar refractivity (Wildman–Crippen MR) is 24.8 cm³/mol. The van der Waals surface area contributed by atoms with Crippen molar-refractivity contribution in [3.05, 3.63) is 12.0 Å². The highest BCUT2D eigenvalue weighted by Crippen LogP contribution is 2.25. The minimum absolute atomic E-state index is 0.632. The second-order valence-corrected chi connectivity index (χ2v) is 1.15. The van der Waals surface area contributed by atoms with Crippen molar-refractivity contribution in [3.8, 4) is 0 Å². The first-order chi connectivity index (χ1) is 4.02. The van der Waals surface area contributed by atoms with E-state index < -0.39 is 18.2 Å². The summed E-state index contributed by atoms with van der Waals surface area (Å²) >= 11 is 0. The summed E-state index contributed by atoms with van der Waals surface area (Å²) in [5.41, 5.74) is -1.61. The number of rotatable bonds is 1. The molecule has 0 saturated carbocycles. The van der Waals surface area contributed by atoms with Crippen molar-refractivity contribution >= 4 is 6.72 Å². The second-order valence-electron chi connectivity index (χ2n) is 1.15. The van der Waals surface area contributed by atoms with E-state index in [1.165, 1.54) is 0 Å². The van der Waals surface area contributed by atoms with Crippen LogP contribution in [-0.4, -0.2) is 12.9 Å². The lowest BCUT2D eigenvalue weighted by Crippen LogP contribution is -2.08. The van der Waals surface area contributed by atoms with Gasteiger partial charge in [-0.05, 0) is 6.72 Å². The van der Waals surface area contributed by atoms with Gasteiger partial charge in [0.1, 0.15) is 6.33 Å². The first kappa shape index (κ1) is 8.13. The molecule has 0 amide bonds. The average Bonchev–Trinajstić information content (AvgIpc) is 1.65. The zero-order valence-corrected chi connectivity index (χ0v) is 4.24. The van der Waals surface area contributed by atoms with Gasteiger partial charge in [-0.25, -0.2) is 4.39 Å². The van der Waals surface area contributed by atoms with Gasteiger partial charge in [-0.15, -0.1) is 0 Å². The van der Waals surface area contributed by atoms with Crippen molar-refractivity contribution in [2.24, 2.45) is 4.99 Å². The molecular weight excluding hydrogens is 138 g/mol. The van der Waals surface area contributed by atoms with Crippen LogP contribution < -0.4 is 0 Å². The Labute approximate surface area is 48.7 Å². The maximum atomic E-state index is 11.3. The molecule has 0 aliphatic carbocycles. The molecule has 0 rings (SSSR count). The molecule has 0 aliphatic heterocycles. The van der Waals surface area contributed by atoms with Crippen molar-refractivity contribution < 1.29 is 17.6 Å².